The average Bonchev–Trinajstić information content (AvgIpc) is 2.45. The van der Waals surface area contributed by atoms with E-state index >= 15 is 0 Å². The lowest BCUT2D eigenvalue weighted by atomic mass is 9.98. The second kappa shape index (κ2) is 5.13. The molecule has 1 atom stereocenters. The number of piperazine rings is 3. The Labute approximate surface area is 124 Å². The van der Waals surface area contributed by atoms with Gasteiger partial charge in [0, 0.05) is 37.2 Å². The van der Waals surface area contributed by atoms with Crippen LogP contribution in [-0.4, -0.2) is 54.3 Å². The molecule has 0 radical (unpaired) electrons. The van der Waals surface area contributed by atoms with Crippen LogP contribution in [0.1, 0.15) is 10.4 Å². The third-order valence-electron chi connectivity index (χ3n) is 3.88. The topological polar surface area (TPSA) is 23.6 Å². The van der Waals surface area contributed by atoms with Gasteiger partial charge in [-0.3, -0.25) is 14.6 Å². The largest absolute Gasteiger partial charge is 0.299 e. The number of hydrogen-bond acceptors (Lipinski definition) is 3. The highest BCUT2D eigenvalue weighted by Crippen LogP contribution is 2.29. The molecule has 3 fully saturated rings. The first-order valence-corrected chi connectivity index (χ1v) is 7.39. The maximum absolute atomic E-state index is 14.1. The van der Waals surface area contributed by atoms with Crippen molar-refractivity contribution in [2.75, 3.05) is 32.7 Å². The molecular weight excluding hydrogens is 335 g/mol. The van der Waals surface area contributed by atoms with Gasteiger partial charge in [-0.05, 0) is 28.1 Å². The van der Waals surface area contributed by atoms with E-state index < -0.39 is 5.82 Å². The van der Waals surface area contributed by atoms with E-state index in [0.29, 0.717) is 11.0 Å². The molecule has 0 spiro atoms. The van der Waals surface area contributed by atoms with E-state index in [1.54, 1.807) is 6.07 Å². The number of Topliss-reactive ketones (excluding diaryl/α,β-unsaturated/α-hetero) is 1. The van der Waals surface area contributed by atoms with Crippen LogP contribution in [0.4, 0.5) is 4.39 Å². The minimum absolute atomic E-state index is 0.0258. The van der Waals surface area contributed by atoms with E-state index in [-0.39, 0.29) is 22.4 Å². The maximum Gasteiger partial charge on any atom is 0.184 e. The summed E-state index contributed by atoms with van der Waals surface area (Å²) < 4.78 is 14.6. The van der Waals surface area contributed by atoms with E-state index in [4.69, 9.17) is 11.6 Å². The minimum atomic E-state index is -0.626. The average molecular weight is 348 g/mol. The van der Waals surface area contributed by atoms with E-state index in [0.717, 1.165) is 26.2 Å². The molecule has 1 aromatic rings. The minimum Gasteiger partial charge on any atom is -0.299 e. The van der Waals surface area contributed by atoms with Gasteiger partial charge in [-0.1, -0.05) is 11.6 Å². The number of hydrogen-bond donors (Lipinski definition) is 0. The highest BCUT2D eigenvalue weighted by Gasteiger charge is 2.37. The smallest absolute Gasteiger partial charge is 0.184 e. The van der Waals surface area contributed by atoms with Gasteiger partial charge in [0.15, 0.2) is 11.6 Å². The van der Waals surface area contributed by atoms with Gasteiger partial charge in [-0.25, -0.2) is 4.39 Å². The molecule has 0 aromatic heterocycles. The lowest BCUT2D eigenvalue weighted by Crippen LogP contribution is -2.63. The Morgan fingerprint density at radius 3 is 2.58 bits per heavy atom. The van der Waals surface area contributed by atoms with Crippen molar-refractivity contribution in [2.24, 2.45) is 0 Å². The number of fused-ring (bicyclic) bond motifs is 3. The number of carbonyl (C=O) groups is 1. The van der Waals surface area contributed by atoms with Crippen LogP contribution in [-0.2, 0) is 0 Å². The predicted octanol–water partition coefficient (Wildman–Crippen LogP) is 2.42. The SMILES string of the molecule is O=C(c1ccc(Br)c(Cl)c1F)C1CN2CCN1CC2. The number of rotatable bonds is 2. The van der Waals surface area contributed by atoms with Gasteiger partial charge < -0.3 is 0 Å². The molecule has 6 heteroatoms. The Morgan fingerprint density at radius 2 is 2.00 bits per heavy atom. The molecule has 4 rings (SSSR count). The molecule has 0 N–H and O–H groups in total. The van der Waals surface area contributed by atoms with Crippen molar-refractivity contribution in [2.45, 2.75) is 6.04 Å². The van der Waals surface area contributed by atoms with Crippen molar-refractivity contribution in [3.8, 4) is 0 Å². The molecule has 0 amide bonds. The third kappa shape index (κ3) is 2.33. The zero-order valence-corrected chi connectivity index (χ0v) is 12.5. The van der Waals surface area contributed by atoms with E-state index in [2.05, 4.69) is 25.7 Å². The predicted molar refractivity (Wildman–Crippen MR) is 75.2 cm³/mol. The molecule has 102 valence electrons. The fourth-order valence-corrected chi connectivity index (χ4v) is 3.23. The van der Waals surface area contributed by atoms with Crippen molar-refractivity contribution in [3.05, 3.63) is 33.0 Å². The van der Waals surface area contributed by atoms with Crippen LogP contribution >= 0.6 is 27.5 Å². The molecule has 3 aliphatic heterocycles. The number of nitrogens with zero attached hydrogens (tertiary/aromatic N) is 2. The Morgan fingerprint density at radius 1 is 1.32 bits per heavy atom. The summed E-state index contributed by atoms with van der Waals surface area (Å²) in [5.74, 6) is -0.796. The van der Waals surface area contributed by atoms with Crippen LogP contribution in [0.2, 0.25) is 5.02 Å². The van der Waals surface area contributed by atoms with Gasteiger partial charge in [-0.2, -0.15) is 0 Å². The monoisotopic (exact) mass is 346 g/mol. The molecule has 1 unspecified atom stereocenters. The fourth-order valence-electron chi connectivity index (χ4n) is 2.76. The summed E-state index contributed by atoms with van der Waals surface area (Å²) in [6.45, 7) is 4.43. The number of ketones is 1. The van der Waals surface area contributed by atoms with Gasteiger partial charge in [0.1, 0.15) is 0 Å². The summed E-state index contributed by atoms with van der Waals surface area (Å²) in [5.41, 5.74) is 0.0898. The number of halogens is 3. The molecule has 3 saturated heterocycles. The summed E-state index contributed by atoms with van der Waals surface area (Å²) in [6.07, 6.45) is 0. The summed E-state index contributed by atoms with van der Waals surface area (Å²) in [5, 5.41) is -0.0258. The van der Waals surface area contributed by atoms with Crippen LogP contribution in [0.15, 0.2) is 16.6 Å². The van der Waals surface area contributed by atoms with Crippen molar-refractivity contribution < 1.29 is 9.18 Å². The van der Waals surface area contributed by atoms with E-state index in [1.807, 2.05) is 0 Å². The lowest BCUT2D eigenvalue weighted by Gasteiger charge is -2.46. The molecule has 2 bridgehead atoms. The second-order valence-electron chi connectivity index (χ2n) is 4.94. The van der Waals surface area contributed by atoms with Crippen LogP contribution in [0, 0.1) is 5.82 Å². The molecule has 0 saturated carbocycles. The second-order valence-corrected chi connectivity index (χ2v) is 6.17. The summed E-state index contributed by atoms with van der Waals surface area (Å²) in [6, 6.07) is 2.89. The Balaban J connectivity index is 1.90. The van der Waals surface area contributed by atoms with Crippen molar-refractivity contribution in [1.82, 2.24) is 9.80 Å². The molecule has 3 heterocycles. The third-order valence-corrected chi connectivity index (χ3v) is 5.14. The fraction of sp³-hybridized carbons (Fsp3) is 0.462. The first-order chi connectivity index (χ1) is 9.08. The molecule has 3 aliphatic rings. The highest BCUT2D eigenvalue weighted by molar-refractivity contribution is 9.10. The van der Waals surface area contributed by atoms with Gasteiger partial charge in [0.05, 0.1) is 16.6 Å². The number of carbonyl (C=O) groups excluding carboxylic acids is 1. The van der Waals surface area contributed by atoms with Crippen molar-refractivity contribution in [1.29, 1.82) is 0 Å². The molecule has 3 nitrogen and oxygen atoms in total. The van der Waals surface area contributed by atoms with Crippen LogP contribution < -0.4 is 0 Å². The van der Waals surface area contributed by atoms with E-state index in [1.165, 1.54) is 6.07 Å². The first-order valence-electron chi connectivity index (χ1n) is 6.22. The van der Waals surface area contributed by atoms with Crippen LogP contribution in [0.3, 0.4) is 0 Å². The van der Waals surface area contributed by atoms with E-state index in [9.17, 15) is 9.18 Å². The van der Waals surface area contributed by atoms with Crippen LogP contribution in [0.5, 0.6) is 0 Å². The van der Waals surface area contributed by atoms with Crippen LogP contribution in [0.25, 0.3) is 0 Å². The summed E-state index contributed by atoms with van der Waals surface area (Å²) >= 11 is 9.00. The van der Waals surface area contributed by atoms with Gasteiger partial charge >= 0.3 is 0 Å². The highest BCUT2D eigenvalue weighted by atomic mass is 79.9. The molecular formula is C13H13BrClFN2O. The first kappa shape index (κ1) is 13.5. The van der Waals surface area contributed by atoms with Gasteiger partial charge in [0.2, 0.25) is 0 Å². The zero-order chi connectivity index (χ0) is 13.6. The normalized spacial score (nSPS) is 29.5. The molecule has 19 heavy (non-hydrogen) atoms. The Bertz CT molecular complexity index is 532. The Hall–Kier alpha value is -0.490. The molecule has 0 aliphatic carbocycles. The van der Waals surface area contributed by atoms with Crippen molar-refractivity contribution in [3.63, 3.8) is 0 Å². The Kier molecular flexibility index (Phi) is 3.64. The zero-order valence-electron chi connectivity index (χ0n) is 10.2. The lowest BCUT2D eigenvalue weighted by molar-refractivity contribution is 0.0157. The summed E-state index contributed by atoms with van der Waals surface area (Å²) in [7, 11) is 0. The quantitative estimate of drug-likeness (QED) is 0.606. The van der Waals surface area contributed by atoms with Gasteiger partial charge in [0.25, 0.3) is 0 Å². The standard InChI is InChI=1S/C13H13BrClFN2O/c14-9-2-1-8(12(16)11(9)15)13(19)10-7-17-3-5-18(10)6-4-17/h1-2,10H,3-7H2. The maximum atomic E-state index is 14.1. The summed E-state index contributed by atoms with van der Waals surface area (Å²) in [4.78, 5) is 16.9. The molecule has 1 aromatic carbocycles. The van der Waals surface area contributed by atoms with Crippen molar-refractivity contribution >= 4 is 33.3 Å². The number of benzene rings is 1. The van der Waals surface area contributed by atoms with Gasteiger partial charge in [-0.15, -0.1) is 0 Å².